The molecule has 10 nitrogen and oxygen atoms in total. The number of H-pyrrole nitrogens is 1. The Morgan fingerprint density at radius 3 is 2.59 bits per heavy atom. The highest BCUT2D eigenvalue weighted by Gasteiger charge is 2.23. The zero-order valence-corrected chi connectivity index (χ0v) is 17.9. The molecule has 6 N–H and O–H groups in total. The minimum Gasteiger partial charge on any atom is -0.395 e. The van der Waals surface area contributed by atoms with E-state index in [-0.39, 0.29) is 28.8 Å². The van der Waals surface area contributed by atoms with Crippen LogP contribution in [0.5, 0.6) is 0 Å². The summed E-state index contributed by atoms with van der Waals surface area (Å²) in [7, 11) is 0. The van der Waals surface area contributed by atoms with E-state index in [1.54, 1.807) is 18.3 Å². The molecule has 0 aliphatic carbocycles. The van der Waals surface area contributed by atoms with Gasteiger partial charge in [-0.3, -0.25) is 9.89 Å². The van der Waals surface area contributed by atoms with Crippen LogP contribution in [0.15, 0.2) is 55.0 Å². The maximum Gasteiger partial charge on any atom is 0.269 e. The van der Waals surface area contributed by atoms with Gasteiger partial charge in [0.15, 0.2) is 23.2 Å². The number of nitrogen functional groups attached to an aromatic ring is 1. The van der Waals surface area contributed by atoms with Crippen molar-refractivity contribution in [3.8, 4) is 22.6 Å². The van der Waals surface area contributed by atoms with E-state index in [0.29, 0.717) is 16.8 Å². The number of carbonyl (C=O) groups is 1. The summed E-state index contributed by atoms with van der Waals surface area (Å²) in [6.07, 6.45) is 4.63. The zero-order valence-electron chi connectivity index (χ0n) is 17.9. The predicted octanol–water partition coefficient (Wildman–Crippen LogP) is 3.35. The van der Waals surface area contributed by atoms with E-state index in [1.165, 1.54) is 24.5 Å². The second-order valence-corrected chi connectivity index (χ2v) is 7.47. The molecule has 0 saturated heterocycles. The van der Waals surface area contributed by atoms with E-state index in [1.807, 2.05) is 19.1 Å². The second-order valence-electron chi connectivity index (χ2n) is 7.47. The molecule has 0 unspecified atom stereocenters. The standard InChI is InChI=1S/C23H18FN9O/c1-11-6-7-15-13(10-29-33-15)16(11)18-17(25)19(20(26)34)31-22(30-18)12-4-2-8-27-21(12)32-23-14(24)5-3-9-28-23/h2-10H,25H2,1H3,(H2,26,34)(H,29,33)(H,27,28,32). The van der Waals surface area contributed by atoms with Crippen molar-refractivity contribution in [3.05, 3.63) is 72.1 Å². The third kappa shape index (κ3) is 3.54. The fourth-order valence-corrected chi connectivity index (χ4v) is 3.68. The number of nitrogens with zero attached hydrogens (tertiary/aromatic N) is 5. The van der Waals surface area contributed by atoms with E-state index < -0.39 is 11.7 Å². The zero-order chi connectivity index (χ0) is 23.8. The molecule has 0 fully saturated rings. The Balaban J connectivity index is 1.74. The molecule has 0 atom stereocenters. The van der Waals surface area contributed by atoms with Crippen LogP contribution < -0.4 is 16.8 Å². The number of primary amides is 1. The molecule has 0 bridgehead atoms. The first-order valence-corrected chi connectivity index (χ1v) is 10.2. The molecule has 1 aromatic carbocycles. The summed E-state index contributed by atoms with van der Waals surface area (Å²) >= 11 is 0. The Hall–Kier alpha value is -4.93. The number of nitrogens with one attached hydrogen (secondary N) is 2. The average Bonchev–Trinajstić information content (AvgIpc) is 3.30. The second kappa shape index (κ2) is 8.20. The molecule has 4 aromatic heterocycles. The smallest absolute Gasteiger partial charge is 0.269 e. The van der Waals surface area contributed by atoms with Crippen molar-refractivity contribution in [2.45, 2.75) is 6.92 Å². The van der Waals surface area contributed by atoms with Crippen molar-refractivity contribution in [3.63, 3.8) is 0 Å². The Kier molecular flexibility index (Phi) is 5.05. The lowest BCUT2D eigenvalue weighted by atomic mass is 9.99. The number of aromatic amines is 1. The molecule has 34 heavy (non-hydrogen) atoms. The van der Waals surface area contributed by atoms with Gasteiger partial charge in [-0.25, -0.2) is 24.3 Å². The first kappa shape index (κ1) is 20.9. The summed E-state index contributed by atoms with van der Waals surface area (Å²) in [5, 5.41) is 10.6. The molecular formula is C23H18FN9O. The number of amides is 1. The summed E-state index contributed by atoms with van der Waals surface area (Å²) in [5.74, 6) is -1.02. The number of hydrogen-bond donors (Lipinski definition) is 4. The lowest BCUT2D eigenvalue weighted by Gasteiger charge is -2.15. The van der Waals surface area contributed by atoms with Crippen LogP contribution in [0.3, 0.4) is 0 Å². The number of anilines is 3. The maximum absolute atomic E-state index is 14.2. The number of pyridine rings is 2. The highest BCUT2D eigenvalue weighted by atomic mass is 19.1. The van der Waals surface area contributed by atoms with Gasteiger partial charge in [-0.05, 0) is 42.8 Å². The lowest BCUT2D eigenvalue weighted by Crippen LogP contribution is -2.18. The third-order valence-electron chi connectivity index (χ3n) is 5.29. The molecule has 0 radical (unpaired) electrons. The van der Waals surface area contributed by atoms with Gasteiger partial charge in [-0.15, -0.1) is 0 Å². The molecule has 5 aromatic rings. The Morgan fingerprint density at radius 1 is 1.06 bits per heavy atom. The van der Waals surface area contributed by atoms with Crippen molar-refractivity contribution in [2.75, 3.05) is 11.1 Å². The van der Waals surface area contributed by atoms with Crippen molar-refractivity contribution in [1.29, 1.82) is 0 Å². The van der Waals surface area contributed by atoms with Crippen molar-refractivity contribution in [2.24, 2.45) is 5.73 Å². The average molecular weight is 455 g/mol. The summed E-state index contributed by atoms with van der Waals surface area (Å²) in [5.41, 5.74) is 14.9. The van der Waals surface area contributed by atoms with Crippen LogP contribution in [-0.2, 0) is 0 Å². The van der Waals surface area contributed by atoms with Gasteiger partial charge in [0, 0.05) is 23.3 Å². The van der Waals surface area contributed by atoms with Crippen molar-refractivity contribution in [1.82, 2.24) is 30.1 Å². The molecule has 168 valence electrons. The van der Waals surface area contributed by atoms with Gasteiger partial charge >= 0.3 is 0 Å². The minimum atomic E-state index is -0.811. The summed E-state index contributed by atoms with van der Waals surface area (Å²) in [6.45, 7) is 1.90. The van der Waals surface area contributed by atoms with Crippen molar-refractivity contribution >= 4 is 34.1 Å². The van der Waals surface area contributed by atoms with E-state index in [0.717, 1.165) is 16.5 Å². The normalized spacial score (nSPS) is 11.0. The monoisotopic (exact) mass is 455 g/mol. The first-order chi connectivity index (χ1) is 16.4. The molecule has 5 rings (SSSR count). The largest absolute Gasteiger partial charge is 0.395 e. The number of benzene rings is 1. The van der Waals surface area contributed by atoms with Gasteiger partial charge < -0.3 is 16.8 Å². The van der Waals surface area contributed by atoms with Gasteiger partial charge in [0.25, 0.3) is 5.91 Å². The third-order valence-corrected chi connectivity index (χ3v) is 5.29. The van der Waals surface area contributed by atoms with Crippen LogP contribution in [0, 0.1) is 12.7 Å². The molecule has 0 aliphatic heterocycles. The number of halogens is 1. The molecule has 0 aliphatic rings. The van der Waals surface area contributed by atoms with Crippen LogP contribution in [0.25, 0.3) is 33.5 Å². The lowest BCUT2D eigenvalue weighted by molar-refractivity contribution is 0.0996. The van der Waals surface area contributed by atoms with Gasteiger partial charge in [0.2, 0.25) is 0 Å². The molecule has 0 saturated carbocycles. The number of hydrogen-bond acceptors (Lipinski definition) is 8. The Bertz CT molecular complexity index is 1560. The number of fused-ring (bicyclic) bond motifs is 1. The maximum atomic E-state index is 14.2. The predicted molar refractivity (Wildman–Crippen MR) is 125 cm³/mol. The summed E-state index contributed by atoms with van der Waals surface area (Å²) < 4.78 is 14.2. The molecule has 11 heteroatoms. The van der Waals surface area contributed by atoms with Crippen molar-refractivity contribution < 1.29 is 9.18 Å². The minimum absolute atomic E-state index is 0.0211. The molecule has 1 amide bonds. The Morgan fingerprint density at radius 2 is 1.82 bits per heavy atom. The number of nitrogens with two attached hydrogens (primary N) is 2. The number of carbonyl (C=O) groups excluding carboxylic acids is 1. The highest BCUT2D eigenvalue weighted by molar-refractivity contribution is 6.04. The fraction of sp³-hybridized carbons (Fsp3) is 0.0435. The number of aromatic nitrogens is 6. The van der Waals surface area contributed by atoms with Gasteiger partial charge in [-0.2, -0.15) is 5.10 Å². The summed E-state index contributed by atoms with van der Waals surface area (Å²) in [4.78, 5) is 29.6. The highest BCUT2D eigenvalue weighted by Crippen LogP contribution is 2.36. The van der Waals surface area contributed by atoms with Crippen LogP contribution >= 0.6 is 0 Å². The van der Waals surface area contributed by atoms with E-state index in [2.05, 4.69) is 30.5 Å². The van der Waals surface area contributed by atoms with Gasteiger partial charge in [0.05, 0.1) is 28.7 Å². The van der Waals surface area contributed by atoms with E-state index >= 15 is 0 Å². The van der Waals surface area contributed by atoms with E-state index in [9.17, 15) is 9.18 Å². The van der Waals surface area contributed by atoms with Crippen LogP contribution in [0.4, 0.5) is 21.7 Å². The fourth-order valence-electron chi connectivity index (χ4n) is 3.68. The number of rotatable bonds is 5. The molecule has 0 spiro atoms. The summed E-state index contributed by atoms with van der Waals surface area (Å²) in [6, 6.07) is 9.88. The van der Waals surface area contributed by atoms with Crippen LogP contribution in [-0.4, -0.2) is 36.0 Å². The quantitative estimate of drug-likeness (QED) is 0.314. The first-order valence-electron chi connectivity index (χ1n) is 10.2. The van der Waals surface area contributed by atoms with Crippen LogP contribution in [0.1, 0.15) is 16.1 Å². The topological polar surface area (TPSA) is 161 Å². The molecular weight excluding hydrogens is 437 g/mol. The van der Waals surface area contributed by atoms with Gasteiger partial charge in [-0.1, -0.05) is 6.07 Å². The molecule has 4 heterocycles. The van der Waals surface area contributed by atoms with Gasteiger partial charge in [0.1, 0.15) is 5.82 Å². The Labute approximate surface area is 192 Å². The van der Waals surface area contributed by atoms with Crippen LogP contribution in [0.2, 0.25) is 0 Å². The SMILES string of the molecule is Cc1ccc2[nH]ncc2c1-c1nc(-c2cccnc2Nc2ncccc2F)nc(C(N)=O)c1N. The van der Waals surface area contributed by atoms with E-state index in [4.69, 9.17) is 16.5 Å². The number of aryl methyl sites for hydroxylation is 1.